The van der Waals surface area contributed by atoms with Crippen LogP contribution in [0, 0.1) is 5.92 Å². The number of ketones is 1. The Kier molecular flexibility index (Phi) is 12.7. The predicted octanol–water partition coefficient (Wildman–Crippen LogP) is 3.34. The summed E-state index contributed by atoms with van der Waals surface area (Å²) in [7, 11) is 3.25. The van der Waals surface area contributed by atoms with Crippen LogP contribution < -0.4 is 5.32 Å². The second-order valence-electron chi connectivity index (χ2n) is 7.76. The Morgan fingerprint density at radius 1 is 1.31 bits per heavy atom. The third-order valence-electron chi connectivity index (χ3n) is 5.54. The lowest BCUT2D eigenvalue weighted by atomic mass is 9.82. The van der Waals surface area contributed by atoms with Gasteiger partial charge in [0.15, 0.2) is 5.78 Å². The Bertz CT molecular complexity index is 557. The SMILES string of the molecule is CCCCC[C@H](C/C=C/CCC(=O)NC[C@H](OC)[C@@H]1C(=O)C(C)=CC[C@H]1O)OC. The monoisotopic (exact) mass is 409 g/mol. The number of rotatable bonds is 14. The fraction of sp³-hybridized carbons (Fsp3) is 0.739. The summed E-state index contributed by atoms with van der Waals surface area (Å²) in [5.74, 6) is -0.837. The molecule has 0 heterocycles. The highest BCUT2D eigenvalue weighted by atomic mass is 16.5. The van der Waals surface area contributed by atoms with Crippen LogP contribution in [0.3, 0.4) is 0 Å². The van der Waals surface area contributed by atoms with Gasteiger partial charge in [0.25, 0.3) is 0 Å². The maximum absolute atomic E-state index is 12.3. The van der Waals surface area contributed by atoms with E-state index in [9.17, 15) is 14.7 Å². The molecule has 0 fully saturated rings. The molecule has 6 heteroatoms. The van der Waals surface area contributed by atoms with Gasteiger partial charge in [0.2, 0.25) is 5.91 Å². The number of aliphatic hydroxyl groups excluding tert-OH is 1. The van der Waals surface area contributed by atoms with Gasteiger partial charge in [-0.15, -0.1) is 0 Å². The molecule has 0 saturated carbocycles. The first kappa shape index (κ1) is 25.5. The summed E-state index contributed by atoms with van der Waals surface area (Å²) < 4.78 is 10.9. The van der Waals surface area contributed by atoms with E-state index < -0.39 is 18.1 Å². The molecule has 0 aliphatic heterocycles. The number of Topliss-reactive ketones (excluding diaryl/α,β-unsaturated/α-hetero) is 1. The van der Waals surface area contributed by atoms with Crippen molar-refractivity contribution in [1.29, 1.82) is 0 Å². The second-order valence-corrected chi connectivity index (χ2v) is 7.76. The van der Waals surface area contributed by atoms with E-state index in [1.54, 1.807) is 20.1 Å². The van der Waals surface area contributed by atoms with Gasteiger partial charge in [-0.05, 0) is 38.2 Å². The summed E-state index contributed by atoms with van der Waals surface area (Å²) in [6.45, 7) is 4.15. The highest BCUT2D eigenvalue weighted by Gasteiger charge is 2.37. The molecular weight excluding hydrogens is 370 g/mol. The van der Waals surface area contributed by atoms with Crippen molar-refractivity contribution in [2.24, 2.45) is 5.92 Å². The van der Waals surface area contributed by atoms with E-state index in [-0.39, 0.29) is 24.3 Å². The lowest BCUT2D eigenvalue weighted by Gasteiger charge is -2.31. The zero-order valence-electron chi connectivity index (χ0n) is 18.5. The second kappa shape index (κ2) is 14.5. The highest BCUT2D eigenvalue weighted by Crippen LogP contribution is 2.25. The molecule has 1 aliphatic rings. The first-order chi connectivity index (χ1) is 13.9. The molecule has 166 valence electrons. The van der Waals surface area contributed by atoms with Crippen molar-refractivity contribution in [3.05, 3.63) is 23.8 Å². The van der Waals surface area contributed by atoms with Crippen molar-refractivity contribution >= 4 is 11.7 Å². The fourth-order valence-electron chi connectivity index (χ4n) is 3.59. The Morgan fingerprint density at radius 3 is 2.72 bits per heavy atom. The van der Waals surface area contributed by atoms with Crippen LogP contribution >= 0.6 is 0 Å². The van der Waals surface area contributed by atoms with Crippen LogP contribution in [-0.4, -0.2) is 55.9 Å². The maximum Gasteiger partial charge on any atom is 0.220 e. The minimum atomic E-state index is -0.776. The molecule has 1 rings (SSSR count). The first-order valence-electron chi connectivity index (χ1n) is 10.8. The van der Waals surface area contributed by atoms with Gasteiger partial charge in [-0.1, -0.05) is 44.4 Å². The summed E-state index contributed by atoms with van der Waals surface area (Å²) in [5.41, 5.74) is 0.642. The van der Waals surface area contributed by atoms with Gasteiger partial charge in [0.1, 0.15) is 0 Å². The first-order valence-corrected chi connectivity index (χ1v) is 10.8. The number of allylic oxidation sites excluding steroid dienone is 2. The summed E-state index contributed by atoms with van der Waals surface area (Å²) >= 11 is 0. The number of hydrogen-bond donors (Lipinski definition) is 2. The predicted molar refractivity (Wildman–Crippen MR) is 115 cm³/mol. The number of hydrogen-bond acceptors (Lipinski definition) is 5. The lowest BCUT2D eigenvalue weighted by Crippen LogP contribution is -2.47. The lowest BCUT2D eigenvalue weighted by molar-refractivity contribution is -0.132. The Morgan fingerprint density at radius 2 is 2.07 bits per heavy atom. The molecular formula is C23H39NO5. The van der Waals surface area contributed by atoms with Gasteiger partial charge >= 0.3 is 0 Å². The van der Waals surface area contributed by atoms with Gasteiger partial charge in [-0.2, -0.15) is 0 Å². The maximum atomic E-state index is 12.3. The summed E-state index contributed by atoms with van der Waals surface area (Å²) in [6.07, 6.45) is 11.8. The fourth-order valence-corrected chi connectivity index (χ4v) is 3.59. The molecule has 2 N–H and O–H groups in total. The van der Waals surface area contributed by atoms with E-state index in [1.165, 1.54) is 26.4 Å². The molecule has 0 aromatic carbocycles. The van der Waals surface area contributed by atoms with E-state index >= 15 is 0 Å². The molecule has 0 radical (unpaired) electrons. The number of methoxy groups -OCH3 is 2. The molecule has 0 unspecified atom stereocenters. The van der Waals surface area contributed by atoms with Gasteiger partial charge in [-0.3, -0.25) is 9.59 Å². The average Bonchev–Trinajstić information content (AvgIpc) is 2.71. The van der Waals surface area contributed by atoms with Crippen molar-refractivity contribution in [3.63, 3.8) is 0 Å². The number of nitrogens with one attached hydrogen (secondary N) is 1. The number of unbranched alkanes of at least 4 members (excludes halogenated alkanes) is 2. The van der Waals surface area contributed by atoms with Crippen molar-refractivity contribution in [2.45, 2.75) is 83.5 Å². The van der Waals surface area contributed by atoms with Crippen molar-refractivity contribution in [3.8, 4) is 0 Å². The van der Waals surface area contributed by atoms with Crippen molar-refractivity contribution < 1.29 is 24.2 Å². The Labute approximate surface area is 175 Å². The van der Waals surface area contributed by atoms with Crippen LogP contribution in [0.25, 0.3) is 0 Å². The number of aliphatic hydroxyl groups is 1. The van der Waals surface area contributed by atoms with Crippen LogP contribution in [0.15, 0.2) is 23.8 Å². The molecule has 0 saturated heterocycles. The highest BCUT2D eigenvalue weighted by molar-refractivity contribution is 5.98. The summed E-state index contributed by atoms with van der Waals surface area (Å²) in [5, 5.41) is 13.0. The van der Waals surface area contributed by atoms with Crippen LogP contribution in [0.5, 0.6) is 0 Å². The average molecular weight is 410 g/mol. The molecule has 6 nitrogen and oxygen atoms in total. The topological polar surface area (TPSA) is 84.9 Å². The van der Waals surface area contributed by atoms with E-state index in [2.05, 4.69) is 18.3 Å². The normalized spacial score (nSPS) is 21.8. The Hall–Kier alpha value is -1.50. The van der Waals surface area contributed by atoms with Crippen LogP contribution in [0.1, 0.15) is 65.2 Å². The van der Waals surface area contributed by atoms with Crippen LogP contribution in [0.4, 0.5) is 0 Å². The molecule has 1 amide bonds. The smallest absolute Gasteiger partial charge is 0.220 e. The van der Waals surface area contributed by atoms with Crippen LogP contribution in [0.2, 0.25) is 0 Å². The largest absolute Gasteiger partial charge is 0.392 e. The van der Waals surface area contributed by atoms with Crippen LogP contribution in [-0.2, 0) is 19.1 Å². The molecule has 1 aliphatic carbocycles. The summed E-state index contributed by atoms with van der Waals surface area (Å²) in [4.78, 5) is 24.5. The zero-order valence-corrected chi connectivity index (χ0v) is 18.5. The number of carbonyl (C=O) groups excluding carboxylic acids is 2. The molecule has 29 heavy (non-hydrogen) atoms. The van der Waals surface area contributed by atoms with Crippen molar-refractivity contribution in [1.82, 2.24) is 5.32 Å². The Balaban J connectivity index is 2.33. The summed E-state index contributed by atoms with van der Waals surface area (Å²) in [6, 6.07) is 0. The standard InChI is InChI=1S/C23H39NO5/c1-5-6-8-11-18(28-3)12-9-7-10-13-21(26)24-16-20(29-4)22-19(25)15-14-17(2)23(22)27/h7,9,14,18-20,22,25H,5-6,8,10-13,15-16H2,1-4H3,(H,24,26)/b9-7+/t18-,19-,20+,22-/m1/s1. The van der Waals surface area contributed by atoms with E-state index in [4.69, 9.17) is 9.47 Å². The quantitative estimate of drug-likeness (QED) is 0.340. The zero-order chi connectivity index (χ0) is 21.6. The van der Waals surface area contributed by atoms with Crippen molar-refractivity contribution in [2.75, 3.05) is 20.8 Å². The molecule has 0 spiro atoms. The minimum Gasteiger partial charge on any atom is -0.392 e. The minimum absolute atomic E-state index is 0.0899. The third-order valence-corrected chi connectivity index (χ3v) is 5.54. The van der Waals surface area contributed by atoms with E-state index in [0.717, 1.165) is 12.8 Å². The number of carbonyl (C=O) groups is 2. The molecule has 0 aromatic rings. The molecule has 0 aromatic heterocycles. The van der Waals surface area contributed by atoms with E-state index in [1.807, 2.05) is 6.08 Å². The van der Waals surface area contributed by atoms with Gasteiger partial charge in [0, 0.05) is 27.2 Å². The van der Waals surface area contributed by atoms with Gasteiger partial charge in [0.05, 0.1) is 24.2 Å². The third kappa shape index (κ3) is 9.24. The van der Waals surface area contributed by atoms with Gasteiger partial charge in [-0.25, -0.2) is 0 Å². The molecule has 4 atom stereocenters. The van der Waals surface area contributed by atoms with E-state index in [0.29, 0.717) is 24.8 Å². The number of amides is 1. The molecule has 0 bridgehead atoms. The number of ether oxygens (including phenoxy) is 2. The van der Waals surface area contributed by atoms with Gasteiger partial charge < -0.3 is 19.9 Å².